The second-order valence-electron chi connectivity index (χ2n) is 7.00. The van der Waals surface area contributed by atoms with E-state index in [1.807, 2.05) is 48.5 Å². The second-order valence-corrected chi connectivity index (χ2v) is 7.00. The molecule has 0 unspecified atom stereocenters. The normalized spacial score (nSPS) is 11.2. The van der Waals surface area contributed by atoms with Crippen molar-refractivity contribution in [1.82, 2.24) is 0 Å². The molecule has 2 heteroatoms. The van der Waals surface area contributed by atoms with Crippen molar-refractivity contribution in [3.8, 4) is 11.5 Å². The van der Waals surface area contributed by atoms with Crippen LogP contribution in [0.25, 0.3) is 11.6 Å². The fraction of sp³-hybridized carbons (Fsp3) is 0.0714. The highest BCUT2D eigenvalue weighted by Crippen LogP contribution is 2.29. The van der Waals surface area contributed by atoms with Gasteiger partial charge in [-0.05, 0) is 58.2 Å². The molecule has 0 radical (unpaired) electrons. The van der Waals surface area contributed by atoms with Gasteiger partial charge < -0.3 is 9.47 Å². The lowest BCUT2D eigenvalue weighted by Gasteiger charge is -2.12. The van der Waals surface area contributed by atoms with Crippen LogP contribution in [0.4, 0.5) is 0 Å². The Morgan fingerprint density at radius 1 is 0.633 bits per heavy atom. The van der Waals surface area contributed by atoms with Crippen molar-refractivity contribution in [2.24, 2.45) is 0 Å². The summed E-state index contributed by atoms with van der Waals surface area (Å²) in [5, 5.41) is 0. The molecule has 2 nitrogen and oxygen atoms in total. The Morgan fingerprint density at radius 3 is 1.73 bits per heavy atom. The van der Waals surface area contributed by atoms with E-state index in [1.54, 1.807) is 7.11 Å². The Bertz CT molecular complexity index is 1080. The lowest BCUT2D eigenvalue weighted by atomic mass is 9.95. The Kier molecular flexibility index (Phi) is 6.26. The second kappa shape index (κ2) is 9.62. The third-order valence-corrected chi connectivity index (χ3v) is 4.93. The van der Waals surface area contributed by atoms with Gasteiger partial charge in [-0.25, -0.2) is 0 Å². The molecule has 4 rings (SSSR count). The van der Waals surface area contributed by atoms with Gasteiger partial charge in [-0.3, -0.25) is 0 Å². The highest BCUT2D eigenvalue weighted by Gasteiger charge is 2.07. The Balaban J connectivity index is 1.60. The van der Waals surface area contributed by atoms with Gasteiger partial charge in [0, 0.05) is 0 Å². The number of ether oxygens (including phenoxy) is 2. The summed E-state index contributed by atoms with van der Waals surface area (Å²) in [5.74, 6) is 1.71. The van der Waals surface area contributed by atoms with E-state index >= 15 is 0 Å². The zero-order valence-electron chi connectivity index (χ0n) is 17.0. The summed E-state index contributed by atoms with van der Waals surface area (Å²) in [7, 11) is 1.68. The van der Waals surface area contributed by atoms with Crippen molar-refractivity contribution >= 4 is 11.6 Å². The molecule has 0 saturated carbocycles. The molecule has 0 aliphatic heterocycles. The summed E-state index contributed by atoms with van der Waals surface area (Å²) in [6.45, 7) is 0.561. The zero-order chi connectivity index (χ0) is 20.6. The van der Waals surface area contributed by atoms with E-state index in [9.17, 15) is 0 Å². The van der Waals surface area contributed by atoms with Crippen molar-refractivity contribution in [2.75, 3.05) is 7.11 Å². The summed E-state index contributed by atoms with van der Waals surface area (Å²) in [5.41, 5.74) is 5.74. The van der Waals surface area contributed by atoms with Crippen molar-refractivity contribution in [1.29, 1.82) is 0 Å². The molecule has 0 fully saturated rings. The standard InChI is InChI=1S/C28H24O2/c1-29-26-16-12-24(13-17-26)28(20-22-8-4-2-5-9-22)25-14-18-27(19-15-25)30-21-23-10-6-3-7-11-23/h2-20H,21H2,1H3. The van der Waals surface area contributed by atoms with Crippen LogP contribution in [0.2, 0.25) is 0 Å². The molecule has 0 N–H and O–H groups in total. The van der Waals surface area contributed by atoms with Crippen LogP contribution in [-0.2, 0) is 6.61 Å². The van der Waals surface area contributed by atoms with Crippen LogP contribution in [0.3, 0.4) is 0 Å². The summed E-state index contributed by atoms with van der Waals surface area (Å²) in [6.07, 6.45) is 2.21. The van der Waals surface area contributed by atoms with Crippen LogP contribution in [0.1, 0.15) is 22.3 Å². The van der Waals surface area contributed by atoms with E-state index < -0.39 is 0 Å². The van der Waals surface area contributed by atoms with E-state index in [-0.39, 0.29) is 0 Å². The summed E-state index contributed by atoms with van der Waals surface area (Å²) < 4.78 is 11.3. The molecule has 4 aromatic rings. The van der Waals surface area contributed by atoms with E-state index in [4.69, 9.17) is 9.47 Å². The minimum atomic E-state index is 0.561. The zero-order valence-corrected chi connectivity index (χ0v) is 17.0. The predicted octanol–water partition coefficient (Wildman–Crippen LogP) is 6.86. The topological polar surface area (TPSA) is 18.5 Å². The summed E-state index contributed by atoms with van der Waals surface area (Å²) in [6, 6.07) is 37.0. The maximum Gasteiger partial charge on any atom is 0.119 e. The molecular formula is C28H24O2. The van der Waals surface area contributed by atoms with Gasteiger partial charge in [0.15, 0.2) is 0 Å². The fourth-order valence-corrected chi connectivity index (χ4v) is 3.29. The smallest absolute Gasteiger partial charge is 0.119 e. The molecule has 0 aliphatic carbocycles. The van der Waals surface area contributed by atoms with Gasteiger partial charge in [0.1, 0.15) is 18.1 Å². The molecule has 0 saturated heterocycles. The van der Waals surface area contributed by atoms with E-state index in [0.717, 1.165) is 39.3 Å². The molecule has 0 heterocycles. The van der Waals surface area contributed by atoms with Gasteiger partial charge in [-0.1, -0.05) is 84.9 Å². The molecule has 148 valence electrons. The molecule has 30 heavy (non-hydrogen) atoms. The number of rotatable bonds is 7. The van der Waals surface area contributed by atoms with Crippen LogP contribution < -0.4 is 9.47 Å². The maximum atomic E-state index is 5.95. The SMILES string of the molecule is COc1ccc(C(=Cc2ccccc2)c2ccc(OCc3ccccc3)cc2)cc1. The first-order chi connectivity index (χ1) is 14.8. The van der Waals surface area contributed by atoms with Crippen molar-refractivity contribution < 1.29 is 9.47 Å². The van der Waals surface area contributed by atoms with Crippen LogP contribution >= 0.6 is 0 Å². The van der Waals surface area contributed by atoms with Crippen LogP contribution in [0.15, 0.2) is 109 Å². The molecule has 4 aromatic carbocycles. The van der Waals surface area contributed by atoms with Crippen molar-refractivity contribution in [3.63, 3.8) is 0 Å². The van der Waals surface area contributed by atoms with Gasteiger partial charge in [-0.2, -0.15) is 0 Å². The average molecular weight is 392 g/mol. The van der Waals surface area contributed by atoms with Gasteiger partial charge in [0.2, 0.25) is 0 Å². The molecule has 0 amide bonds. The minimum Gasteiger partial charge on any atom is -0.497 e. The fourth-order valence-electron chi connectivity index (χ4n) is 3.29. The monoisotopic (exact) mass is 392 g/mol. The number of methoxy groups -OCH3 is 1. The number of hydrogen-bond acceptors (Lipinski definition) is 2. The molecule has 0 bridgehead atoms. The van der Waals surface area contributed by atoms with Gasteiger partial charge in [0.05, 0.1) is 7.11 Å². The highest BCUT2D eigenvalue weighted by molar-refractivity contribution is 5.91. The maximum absolute atomic E-state index is 5.95. The minimum absolute atomic E-state index is 0.561. The largest absolute Gasteiger partial charge is 0.497 e. The molecule has 0 atom stereocenters. The van der Waals surface area contributed by atoms with Crippen LogP contribution in [-0.4, -0.2) is 7.11 Å². The van der Waals surface area contributed by atoms with Crippen molar-refractivity contribution in [2.45, 2.75) is 6.61 Å². The lowest BCUT2D eigenvalue weighted by Crippen LogP contribution is -1.95. The van der Waals surface area contributed by atoms with E-state index in [1.165, 1.54) is 0 Å². The quantitative estimate of drug-likeness (QED) is 0.320. The Labute approximate surface area is 178 Å². The molecule has 0 spiro atoms. The third kappa shape index (κ3) is 4.98. The van der Waals surface area contributed by atoms with Crippen molar-refractivity contribution in [3.05, 3.63) is 131 Å². The summed E-state index contributed by atoms with van der Waals surface area (Å²) >= 11 is 0. The molecule has 0 aliphatic rings. The van der Waals surface area contributed by atoms with Crippen LogP contribution in [0.5, 0.6) is 11.5 Å². The van der Waals surface area contributed by atoms with E-state index in [0.29, 0.717) is 6.61 Å². The van der Waals surface area contributed by atoms with Gasteiger partial charge in [-0.15, -0.1) is 0 Å². The first kappa shape index (κ1) is 19.5. The first-order valence-corrected chi connectivity index (χ1v) is 10.0. The van der Waals surface area contributed by atoms with Crippen LogP contribution in [0, 0.1) is 0 Å². The lowest BCUT2D eigenvalue weighted by molar-refractivity contribution is 0.306. The molecule has 0 aromatic heterocycles. The van der Waals surface area contributed by atoms with E-state index in [2.05, 4.69) is 66.7 Å². The number of benzene rings is 4. The Morgan fingerprint density at radius 2 is 1.17 bits per heavy atom. The first-order valence-electron chi connectivity index (χ1n) is 10.0. The van der Waals surface area contributed by atoms with Gasteiger partial charge >= 0.3 is 0 Å². The third-order valence-electron chi connectivity index (χ3n) is 4.93. The molecular weight excluding hydrogens is 368 g/mol. The summed E-state index contributed by atoms with van der Waals surface area (Å²) in [4.78, 5) is 0. The average Bonchev–Trinajstić information content (AvgIpc) is 2.83. The predicted molar refractivity (Wildman–Crippen MR) is 124 cm³/mol. The number of hydrogen-bond donors (Lipinski definition) is 0. The Hall–Kier alpha value is -3.78. The highest BCUT2D eigenvalue weighted by atomic mass is 16.5. The van der Waals surface area contributed by atoms with Gasteiger partial charge in [0.25, 0.3) is 0 Å².